The van der Waals surface area contributed by atoms with Crippen LogP contribution in [0.4, 0.5) is 0 Å². The summed E-state index contributed by atoms with van der Waals surface area (Å²) >= 11 is 0. The Bertz CT molecular complexity index is 113. The SMILES string of the molecule is C=CC(N=[N+]=[N-])NN. The van der Waals surface area contributed by atoms with Gasteiger partial charge in [-0.05, 0) is 5.53 Å². The third kappa shape index (κ3) is 2.20. The van der Waals surface area contributed by atoms with E-state index in [2.05, 4.69) is 22.0 Å². The summed E-state index contributed by atoms with van der Waals surface area (Å²) in [6.45, 7) is 3.34. The lowest BCUT2D eigenvalue weighted by Gasteiger charge is -1.98. The molecule has 0 radical (unpaired) electrons. The minimum absolute atomic E-state index is 0.500. The molecule has 0 aromatic carbocycles. The number of nitrogens with zero attached hydrogens (tertiary/aromatic N) is 3. The average molecular weight is 113 g/mol. The fourth-order valence-corrected chi connectivity index (χ4v) is 0.204. The Balaban J connectivity index is 3.69. The topological polar surface area (TPSA) is 86.8 Å². The molecule has 0 rings (SSSR count). The summed E-state index contributed by atoms with van der Waals surface area (Å²) < 4.78 is 0. The molecule has 0 aliphatic heterocycles. The first-order valence-corrected chi connectivity index (χ1v) is 1.98. The van der Waals surface area contributed by atoms with E-state index in [0.717, 1.165) is 0 Å². The largest absolute Gasteiger partial charge is 0.271 e. The van der Waals surface area contributed by atoms with Crippen LogP contribution in [0.1, 0.15) is 0 Å². The van der Waals surface area contributed by atoms with Gasteiger partial charge in [-0.2, -0.15) is 0 Å². The second kappa shape index (κ2) is 4.14. The van der Waals surface area contributed by atoms with Gasteiger partial charge in [-0.15, -0.1) is 6.58 Å². The maximum Gasteiger partial charge on any atom is 0.118 e. The van der Waals surface area contributed by atoms with Gasteiger partial charge in [0.1, 0.15) is 6.17 Å². The minimum atomic E-state index is -0.500. The first-order valence-electron chi connectivity index (χ1n) is 1.98. The fraction of sp³-hybridized carbons (Fsp3) is 0.333. The third-order valence-corrected chi connectivity index (χ3v) is 0.570. The summed E-state index contributed by atoms with van der Waals surface area (Å²) in [6, 6.07) is 0. The van der Waals surface area contributed by atoms with E-state index in [9.17, 15) is 0 Å². The van der Waals surface area contributed by atoms with Crippen molar-refractivity contribution >= 4 is 0 Å². The predicted octanol–water partition coefficient (Wildman–Crippen LogP) is 0.272. The van der Waals surface area contributed by atoms with E-state index in [-0.39, 0.29) is 0 Å². The van der Waals surface area contributed by atoms with Crippen LogP contribution >= 0.6 is 0 Å². The molecular formula is C3H7N5. The van der Waals surface area contributed by atoms with Crippen LogP contribution in [0.3, 0.4) is 0 Å². The van der Waals surface area contributed by atoms with Crippen molar-refractivity contribution in [1.29, 1.82) is 0 Å². The molecule has 0 spiro atoms. The highest BCUT2D eigenvalue weighted by Gasteiger charge is 1.90. The Morgan fingerprint density at radius 1 is 2.00 bits per heavy atom. The number of azide groups is 1. The number of rotatable bonds is 3. The maximum absolute atomic E-state index is 7.81. The van der Waals surface area contributed by atoms with Gasteiger partial charge in [0, 0.05) is 4.91 Å². The van der Waals surface area contributed by atoms with Crippen molar-refractivity contribution in [1.82, 2.24) is 5.43 Å². The van der Waals surface area contributed by atoms with Crippen molar-refractivity contribution in [3.05, 3.63) is 23.1 Å². The molecule has 0 amide bonds. The van der Waals surface area contributed by atoms with E-state index in [1.807, 2.05) is 0 Å². The van der Waals surface area contributed by atoms with Crippen LogP contribution in [-0.4, -0.2) is 6.17 Å². The molecule has 0 aliphatic carbocycles. The number of nitrogens with one attached hydrogen (secondary N) is 1. The van der Waals surface area contributed by atoms with Gasteiger partial charge in [0.15, 0.2) is 0 Å². The highest BCUT2D eigenvalue weighted by atomic mass is 15.3. The molecule has 0 saturated carbocycles. The summed E-state index contributed by atoms with van der Waals surface area (Å²) in [5.41, 5.74) is 10.0. The van der Waals surface area contributed by atoms with Crippen LogP contribution in [0, 0.1) is 0 Å². The smallest absolute Gasteiger partial charge is 0.118 e. The van der Waals surface area contributed by atoms with E-state index in [4.69, 9.17) is 11.4 Å². The molecule has 0 heterocycles. The van der Waals surface area contributed by atoms with Crippen molar-refractivity contribution in [3.8, 4) is 0 Å². The van der Waals surface area contributed by atoms with Crippen molar-refractivity contribution in [2.24, 2.45) is 11.0 Å². The molecule has 0 fully saturated rings. The molecule has 5 heteroatoms. The van der Waals surface area contributed by atoms with Gasteiger partial charge in [0.25, 0.3) is 0 Å². The van der Waals surface area contributed by atoms with E-state index >= 15 is 0 Å². The number of hydrogen-bond acceptors (Lipinski definition) is 3. The van der Waals surface area contributed by atoms with Crippen molar-refractivity contribution in [3.63, 3.8) is 0 Å². The van der Waals surface area contributed by atoms with Gasteiger partial charge in [0.2, 0.25) is 0 Å². The highest BCUT2D eigenvalue weighted by molar-refractivity contribution is 4.81. The van der Waals surface area contributed by atoms with E-state index in [0.29, 0.717) is 0 Å². The second-order valence-electron chi connectivity index (χ2n) is 1.05. The molecular weight excluding hydrogens is 106 g/mol. The molecule has 1 unspecified atom stereocenters. The lowest BCUT2D eigenvalue weighted by Crippen LogP contribution is -2.31. The molecule has 0 bridgehead atoms. The summed E-state index contributed by atoms with van der Waals surface area (Å²) in [7, 11) is 0. The van der Waals surface area contributed by atoms with Gasteiger partial charge in [-0.1, -0.05) is 11.2 Å². The molecule has 1 atom stereocenters. The molecule has 5 nitrogen and oxygen atoms in total. The zero-order valence-electron chi connectivity index (χ0n) is 4.28. The van der Waals surface area contributed by atoms with Gasteiger partial charge >= 0.3 is 0 Å². The normalized spacial score (nSPS) is 11.6. The van der Waals surface area contributed by atoms with E-state index < -0.39 is 6.17 Å². The summed E-state index contributed by atoms with van der Waals surface area (Å²) in [5, 5.41) is 3.19. The molecule has 3 N–H and O–H groups in total. The zero-order chi connectivity index (χ0) is 6.41. The number of nitrogens with two attached hydrogens (primary N) is 1. The maximum atomic E-state index is 7.81. The number of hydrazine groups is 1. The van der Waals surface area contributed by atoms with Crippen LogP contribution < -0.4 is 11.3 Å². The summed E-state index contributed by atoms with van der Waals surface area (Å²) in [5.74, 6) is 4.88. The van der Waals surface area contributed by atoms with E-state index in [1.165, 1.54) is 6.08 Å². The Labute approximate surface area is 46.8 Å². The molecule has 0 aromatic heterocycles. The van der Waals surface area contributed by atoms with Crippen LogP contribution in [0.15, 0.2) is 17.8 Å². The Kier molecular flexibility index (Phi) is 3.60. The van der Waals surface area contributed by atoms with Gasteiger partial charge in [-0.25, -0.2) is 5.43 Å². The Morgan fingerprint density at radius 2 is 2.62 bits per heavy atom. The molecule has 8 heavy (non-hydrogen) atoms. The van der Waals surface area contributed by atoms with Crippen molar-refractivity contribution in [2.45, 2.75) is 6.17 Å². The predicted molar refractivity (Wildman–Crippen MR) is 30.5 cm³/mol. The average Bonchev–Trinajstić information content (AvgIpc) is 1.83. The Morgan fingerprint density at radius 3 is 2.75 bits per heavy atom. The first kappa shape index (κ1) is 6.97. The third-order valence-electron chi connectivity index (χ3n) is 0.570. The van der Waals surface area contributed by atoms with Crippen molar-refractivity contribution < 1.29 is 0 Å². The van der Waals surface area contributed by atoms with Crippen molar-refractivity contribution in [2.75, 3.05) is 0 Å². The standard InChI is InChI=1S/C3H7N5/c1-2-3(6-4)7-8-5/h2-3,6H,1,4H2. The second-order valence-corrected chi connectivity index (χ2v) is 1.05. The summed E-state index contributed by atoms with van der Waals surface area (Å²) in [4.78, 5) is 2.49. The first-order chi connectivity index (χ1) is 3.85. The minimum Gasteiger partial charge on any atom is -0.271 e. The lowest BCUT2D eigenvalue weighted by molar-refractivity contribution is 0.641. The molecule has 0 aliphatic rings. The molecule has 0 aromatic rings. The van der Waals surface area contributed by atoms with Crippen LogP contribution in [0.5, 0.6) is 0 Å². The quantitative estimate of drug-likeness (QED) is 0.137. The monoisotopic (exact) mass is 113 g/mol. The van der Waals surface area contributed by atoms with Crippen LogP contribution in [0.2, 0.25) is 0 Å². The fourth-order valence-electron chi connectivity index (χ4n) is 0.204. The van der Waals surface area contributed by atoms with Gasteiger partial charge in [0.05, 0.1) is 0 Å². The van der Waals surface area contributed by atoms with Crippen LogP contribution in [-0.2, 0) is 0 Å². The molecule has 0 saturated heterocycles. The lowest BCUT2D eigenvalue weighted by atomic mass is 10.5. The van der Waals surface area contributed by atoms with Gasteiger partial charge < -0.3 is 0 Å². The van der Waals surface area contributed by atoms with Gasteiger partial charge in [-0.3, -0.25) is 5.84 Å². The number of hydrogen-bond donors (Lipinski definition) is 2. The summed E-state index contributed by atoms with van der Waals surface area (Å²) in [6.07, 6.45) is 0.902. The highest BCUT2D eigenvalue weighted by Crippen LogP contribution is 1.82. The zero-order valence-corrected chi connectivity index (χ0v) is 4.28. The van der Waals surface area contributed by atoms with E-state index in [1.54, 1.807) is 0 Å². The van der Waals surface area contributed by atoms with Crippen LogP contribution in [0.25, 0.3) is 10.4 Å². The Hall–Kier alpha value is -1.03. The molecule has 44 valence electrons.